The maximum Gasteiger partial charge on any atom is 0.435 e. The van der Waals surface area contributed by atoms with Crippen LogP contribution in [0.25, 0.3) is 0 Å². The van der Waals surface area contributed by atoms with Gasteiger partial charge in [0.1, 0.15) is 6.10 Å². The molecule has 0 radical (unpaired) electrons. The number of aliphatic hydroxyl groups excluding tert-OH is 1. The molecule has 1 N–H and O–H groups in total. The summed E-state index contributed by atoms with van der Waals surface area (Å²) in [7, 11) is 0.794. The van der Waals surface area contributed by atoms with Crippen molar-refractivity contribution in [1.29, 1.82) is 0 Å². The molecule has 1 aromatic rings. The predicted molar refractivity (Wildman–Crippen MR) is 66.9 cm³/mol. The van der Waals surface area contributed by atoms with E-state index >= 15 is 0 Å². The maximum absolute atomic E-state index is 13.6. The molecule has 0 saturated heterocycles. The SMILES string of the molecule is CO[C@H](CCn1nc(C(F)(F)F)c2c1CCC(F)(F)[C@H]2O)C(F)(F)F. The fraction of sp³-hybridized carbons (Fsp3) is 0.769. The lowest BCUT2D eigenvalue weighted by molar-refractivity contribution is -0.215. The number of fused-ring (bicyclic) bond motifs is 1. The first-order valence-corrected chi connectivity index (χ1v) is 7.11. The first kappa shape index (κ1) is 19.9. The summed E-state index contributed by atoms with van der Waals surface area (Å²) in [5, 5.41) is 12.7. The summed E-state index contributed by atoms with van der Waals surface area (Å²) < 4.78 is 109. The molecule has 0 aliphatic heterocycles. The zero-order valence-electron chi connectivity index (χ0n) is 12.8. The average Bonchev–Trinajstić information content (AvgIpc) is 2.81. The molecular formula is C13H14F8N2O2. The summed E-state index contributed by atoms with van der Waals surface area (Å²) in [6.07, 6.45) is -17.1. The standard InChI is InChI=1S/C13H14F8N2O2/c1-25-7(12(16,17)18)3-5-23-6-2-4-11(14,15)10(24)8(6)9(22-23)13(19,20)21/h7,10,24H,2-5H2,1H3/t7-,10+/m1/s1. The molecule has 12 heteroatoms. The number of aliphatic hydroxyl groups is 1. The lowest BCUT2D eigenvalue weighted by Gasteiger charge is -2.28. The van der Waals surface area contributed by atoms with Gasteiger partial charge in [0.05, 0.1) is 0 Å². The zero-order chi connectivity index (χ0) is 19.2. The number of methoxy groups -OCH3 is 1. The highest BCUT2D eigenvalue weighted by atomic mass is 19.4. The molecule has 2 rings (SSSR count). The van der Waals surface area contributed by atoms with Crippen molar-refractivity contribution in [1.82, 2.24) is 9.78 Å². The Morgan fingerprint density at radius 1 is 1.28 bits per heavy atom. The van der Waals surface area contributed by atoms with Gasteiger partial charge in [0.2, 0.25) is 0 Å². The van der Waals surface area contributed by atoms with Crippen LogP contribution in [-0.2, 0) is 23.9 Å². The molecule has 0 fully saturated rings. The second-order valence-electron chi connectivity index (χ2n) is 5.65. The fourth-order valence-corrected chi connectivity index (χ4v) is 2.74. The Kier molecular flexibility index (Phi) is 5.08. The lowest BCUT2D eigenvalue weighted by atomic mass is 9.89. The van der Waals surface area contributed by atoms with Gasteiger partial charge in [0.15, 0.2) is 11.8 Å². The van der Waals surface area contributed by atoms with Crippen LogP contribution < -0.4 is 0 Å². The third-order valence-electron chi connectivity index (χ3n) is 3.99. The van der Waals surface area contributed by atoms with Crippen LogP contribution in [0.1, 0.15) is 35.9 Å². The van der Waals surface area contributed by atoms with E-state index in [9.17, 15) is 40.2 Å². The van der Waals surface area contributed by atoms with E-state index in [-0.39, 0.29) is 5.69 Å². The third kappa shape index (κ3) is 3.89. The van der Waals surface area contributed by atoms with E-state index in [0.717, 1.165) is 7.11 Å². The zero-order valence-corrected chi connectivity index (χ0v) is 12.8. The average molecular weight is 382 g/mol. The molecule has 0 saturated carbocycles. The molecule has 0 unspecified atom stereocenters. The predicted octanol–water partition coefficient (Wildman–Crippen LogP) is 3.48. The highest BCUT2D eigenvalue weighted by Crippen LogP contribution is 2.46. The van der Waals surface area contributed by atoms with Gasteiger partial charge in [-0.25, -0.2) is 8.78 Å². The molecule has 1 aliphatic carbocycles. The maximum atomic E-state index is 13.6. The van der Waals surface area contributed by atoms with Crippen LogP contribution in [0, 0.1) is 0 Å². The van der Waals surface area contributed by atoms with Gasteiger partial charge < -0.3 is 9.84 Å². The van der Waals surface area contributed by atoms with Crippen molar-refractivity contribution in [3.63, 3.8) is 0 Å². The molecule has 4 nitrogen and oxygen atoms in total. The van der Waals surface area contributed by atoms with E-state index in [1.807, 2.05) is 0 Å². The number of alkyl halides is 8. The molecule has 2 atom stereocenters. The van der Waals surface area contributed by atoms with Crippen molar-refractivity contribution < 1.29 is 45.0 Å². The topological polar surface area (TPSA) is 47.3 Å². The van der Waals surface area contributed by atoms with Crippen LogP contribution in [0.5, 0.6) is 0 Å². The van der Waals surface area contributed by atoms with Crippen LogP contribution in [0.4, 0.5) is 35.1 Å². The Morgan fingerprint density at radius 3 is 2.36 bits per heavy atom. The van der Waals surface area contributed by atoms with Gasteiger partial charge in [0, 0.05) is 37.8 Å². The fourth-order valence-electron chi connectivity index (χ4n) is 2.74. The van der Waals surface area contributed by atoms with E-state index < -0.39 is 67.5 Å². The molecule has 0 bridgehead atoms. The van der Waals surface area contributed by atoms with Crippen LogP contribution in [0.3, 0.4) is 0 Å². The number of nitrogens with zero attached hydrogens (tertiary/aromatic N) is 2. The largest absolute Gasteiger partial charge is 0.435 e. The minimum atomic E-state index is -5.13. The third-order valence-corrected chi connectivity index (χ3v) is 3.99. The number of rotatable bonds is 4. The van der Waals surface area contributed by atoms with E-state index in [1.165, 1.54) is 0 Å². The van der Waals surface area contributed by atoms with Gasteiger partial charge in [-0.15, -0.1) is 0 Å². The Morgan fingerprint density at radius 2 is 1.88 bits per heavy atom. The van der Waals surface area contributed by atoms with E-state index in [4.69, 9.17) is 0 Å². The van der Waals surface area contributed by atoms with E-state index in [1.54, 1.807) is 0 Å². The Labute approximate surface area is 136 Å². The number of ether oxygens (including phenoxy) is 1. The van der Waals surface area contributed by atoms with Crippen molar-refractivity contribution in [2.75, 3.05) is 7.11 Å². The monoisotopic (exact) mass is 382 g/mol. The summed E-state index contributed by atoms with van der Waals surface area (Å²) >= 11 is 0. The number of hydrogen-bond acceptors (Lipinski definition) is 3. The second kappa shape index (κ2) is 6.38. The molecule has 1 heterocycles. The second-order valence-corrected chi connectivity index (χ2v) is 5.65. The normalized spacial score (nSPS) is 21.9. The number of hydrogen-bond donors (Lipinski definition) is 1. The van der Waals surface area contributed by atoms with Crippen molar-refractivity contribution >= 4 is 0 Å². The molecule has 25 heavy (non-hydrogen) atoms. The summed E-state index contributed by atoms with van der Waals surface area (Å²) in [6, 6.07) is 0. The summed E-state index contributed by atoms with van der Waals surface area (Å²) in [5.41, 5.74) is -3.14. The summed E-state index contributed by atoms with van der Waals surface area (Å²) in [5.74, 6) is -3.78. The first-order chi connectivity index (χ1) is 11.3. The highest BCUT2D eigenvalue weighted by molar-refractivity contribution is 5.35. The van der Waals surface area contributed by atoms with E-state index in [2.05, 4.69) is 9.84 Å². The van der Waals surface area contributed by atoms with Gasteiger partial charge >= 0.3 is 12.4 Å². The molecular weight excluding hydrogens is 368 g/mol. The first-order valence-electron chi connectivity index (χ1n) is 7.11. The Balaban J connectivity index is 2.38. The minimum absolute atomic E-state index is 0.345. The van der Waals surface area contributed by atoms with Gasteiger partial charge in [-0.1, -0.05) is 0 Å². The van der Waals surface area contributed by atoms with Crippen molar-refractivity contribution in [3.8, 4) is 0 Å². The van der Waals surface area contributed by atoms with Crippen molar-refractivity contribution in [3.05, 3.63) is 17.0 Å². The quantitative estimate of drug-likeness (QED) is 0.812. The Hall–Kier alpha value is -1.43. The Bertz CT molecular complexity index is 623. The molecule has 144 valence electrons. The lowest BCUT2D eigenvalue weighted by Crippen LogP contribution is -2.34. The molecule has 1 aromatic heterocycles. The van der Waals surface area contributed by atoms with Crippen LogP contribution in [0.15, 0.2) is 0 Å². The van der Waals surface area contributed by atoms with Crippen molar-refractivity contribution in [2.24, 2.45) is 0 Å². The van der Waals surface area contributed by atoms with Gasteiger partial charge in [-0.3, -0.25) is 4.68 Å². The molecule has 0 spiro atoms. The summed E-state index contributed by atoms with van der Waals surface area (Å²) in [4.78, 5) is 0. The molecule has 0 amide bonds. The molecule has 0 aromatic carbocycles. The van der Waals surface area contributed by atoms with Crippen LogP contribution >= 0.6 is 0 Å². The summed E-state index contributed by atoms with van der Waals surface area (Å²) in [6.45, 7) is -0.630. The van der Waals surface area contributed by atoms with Gasteiger partial charge in [0.25, 0.3) is 5.92 Å². The van der Waals surface area contributed by atoms with E-state index in [0.29, 0.717) is 4.68 Å². The van der Waals surface area contributed by atoms with Crippen LogP contribution in [-0.4, -0.2) is 40.2 Å². The number of aryl methyl sites for hydroxylation is 1. The smallest absolute Gasteiger partial charge is 0.382 e. The number of aromatic nitrogens is 2. The number of halogens is 8. The van der Waals surface area contributed by atoms with Gasteiger partial charge in [-0.2, -0.15) is 31.4 Å². The minimum Gasteiger partial charge on any atom is -0.382 e. The van der Waals surface area contributed by atoms with Crippen molar-refractivity contribution in [2.45, 2.75) is 56.3 Å². The van der Waals surface area contributed by atoms with Gasteiger partial charge in [-0.05, 0) is 6.42 Å². The highest BCUT2D eigenvalue weighted by Gasteiger charge is 2.51. The molecule has 1 aliphatic rings. The van der Waals surface area contributed by atoms with Crippen LogP contribution in [0.2, 0.25) is 0 Å².